The summed E-state index contributed by atoms with van der Waals surface area (Å²) in [6, 6.07) is 0. The van der Waals surface area contributed by atoms with Crippen LogP contribution in [0.3, 0.4) is 0 Å². The highest BCUT2D eigenvalue weighted by molar-refractivity contribution is 5.13. The van der Waals surface area contributed by atoms with Gasteiger partial charge in [0.25, 0.3) is 0 Å². The van der Waals surface area contributed by atoms with Crippen LogP contribution in [0.4, 0.5) is 0 Å². The molecule has 4 aliphatic rings. The quantitative estimate of drug-likeness (QED) is 0.591. The van der Waals surface area contributed by atoms with Crippen LogP contribution in [0.2, 0.25) is 0 Å². The normalized spacial score (nSPS) is 58.6. The van der Waals surface area contributed by atoms with E-state index in [0.29, 0.717) is 16.7 Å². The molecule has 25 heavy (non-hydrogen) atoms. The van der Waals surface area contributed by atoms with Crippen LogP contribution in [-0.4, -0.2) is 10.7 Å². The second-order valence-electron chi connectivity index (χ2n) is 11.7. The predicted molar refractivity (Wildman–Crippen MR) is 105 cm³/mol. The molecule has 0 aliphatic heterocycles. The minimum atomic E-state index is -0.419. The van der Waals surface area contributed by atoms with E-state index in [4.69, 9.17) is 0 Å². The highest BCUT2D eigenvalue weighted by Crippen LogP contribution is 2.71. The van der Waals surface area contributed by atoms with Crippen LogP contribution in [0, 0.1) is 52.3 Å². The Morgan fingerprint density at radius 3 is 2.24 bits per heavy atom. The van der Waals surface area contributed by atoms with Crippen molar-refractivity contribution in [3.05, 3.63) is 0 Å². The van der Waals surface area contributed by atoms with Gasteiger partial charge in [0.15, 0.2) is 0 Å². The molecule has 0 spiro atoms. The molecule has 0 aromatic heterocycles. The molecule has 1 nitrogen and oxygen atoms in total. The van der Waals surface area contributed by atoms with Gasteiger partial charge in [-0.2, -0.15) is 0 Å². The molecule has 0 amide bonds. The van der Waals surface area contributed by atoms with E-state index >= 15 is 0 Å². The molecule has 144 valence electrons. The lowest BCUT2D eigenvalue weighted by atomic mass is 9.43. The Kier molecular flexibility index (Phi) is 4.20. The molecular formula is C24H42O. The van der Waals surface area contributed by atoms with E-state index < -0.39 is 5.60 Å². The fourth-order valence-corrected chi connectivity index (χ4v) is 8.79. The van der Waals surface area contributed by atoms with Gasteiger partial charge in [-0.05, 0) is 111 Å². The maximum absolute atomic E-state index is 10.8. The third-order valence-corrected chi connectivity index (χ3v) is 10.6. The van der Waals surface area contributed by atoms with E-state index in [1.807, 2.05) is 0 Å². The SMILES string of the molecule is CC(C)C1CC[C@@]2(C)[C@@H]3CC[C@H]4C[C@](C)(O)[C@H](C)C[C@@H]4[C@H]3CC[C@]12C. The Hall–Kier alpha value is -0.0400. The van der Waals surface area contributed by atoms with Crippen molar-refractivity contribution in [3.63, 3.8) is 0 Å². The molecule has 0 aromatic rings. The fraction of sp³-hybridized carbons (Fsp3) is 1.00. The molecule has 0 bridgehead atoms. The molecule has 4 aliphatic carbocycles. The number of fused-ring (bicyclic) bond motifs is 5. The first-order chi connectivity index (χ1) is 11.6. The minimum Gasteiger partial charge on any atom is -0.390 e. The maximum Gasteiger partial charge on any atom is 0.0648 e. The van der Waals surface area contributed by atoms with Crippen molar-refractivity contribution in [1.82, 2.24) is 0 Å². The average Bonchev–Trinajstić information content (AvgIpc) is 2.80. The molecule has 0 radical (unpaired) electrons. The van der Waals surface area contributed by atoms with Gasteiger partial charge < -0.3 is 5.11 Å². The van der Waals surface area contributed by atoms with Gasteiger partial charge in [-0.25, -0.2) is 0 Å². The summed E-state index contributed by atoms with van der Waals surface area (Å²) in [6.45, 7) is 14.7. The molecule has 1 unspecified atom stereocenters. The van der Waals surface area contributed by atoms with Crippen LogP contribution in [0.25, 0.3) is 0 Å². The Balaban J connectivity index is 1.62. The zero-order chi connectivity index (χ0) is 18.2. The van der Waals surface area contributed by atoms with Crippen molar-refractivity contribution in [2.75, 3.05) is 0 Å². The van der Waals surface area contributed by atoms with Gasteiger partial charge in [-0.15, -0.1) is 0 Å². The maximum atomic E-state index is 10.8. The summed E-state index contributed by atoms with van der Waals surface area (Å²) >= 11 is 0. The summed E-state index contributed by atoms with van der Waals surface area (Å²) in [5, 5.41) is 10.8. The van der Waals surface area contributed by atoms with E-state index in [0.717, 1.165) is 41.9 Å². The Labute approximate surface area is 156 Å². The van der Waals surface area contributed by atoms with Crippen molar-refractivity contribution in [1.29, 1.82) is 0 Å². The van der Waals surface area contributed by atoms with Gasteiger partial charge in [0.05, 0.1) is 5.60 Å². The summed E-state index contributed by atoms with van der Waals surface area (Å²) in [7, 11) is 0. The number of rotatable bonds is 1. The van der Waals surface area contributed by atoms with Crippen LogP contribution in [0.15, 0.2) is 0 Å². The van der Waals surface area contributed by atoms with E-state index in [2.05, 4.69) is 41.5 Å². The van der Waals surface area contributed by atoms with Crippen molar-refractivity contribution in [2.24, 2.45) is 52.3 Å². The fourth-order valence-electron chi connectivity index (χ4n) is 8.79. The van der Waals surface area contributed by atoms with Crippen LogP contribution in [0.1, 0.15) is 92.9 Å². The lowest BCUT2D eigenvalue weighted by Crippen LogP contribution is -2.56. The zero-order valence-electron chi connectivity index (χ0n) is 17.6. The molecule has 0 aromatic carbocycles. The lowest BCUT2D eigenvalue weighted by Gasteiger charge is -2.62. The van der Waals surface area contributed by atoms with E-state index in [1.54, 1.807) is 0 Å². The third-order valence-electron chi connectivity index (χ3n) is 10.6. The predicted octanol–water partition coefficient (Wildman–Crippen LogP) is 6.30. The standard InChI is InChI=1S/C24H42O/c1-15(2)20-10-12-23(5)21-8-7-17-14-24(6,25)16(3)13-19(17)18(21)9-11-22(20,23)4/h15-21,25H,7-14H2,1-6H3/t16-,17+,18-,19+,20?,21-,22-,23+,24+/m1/s1. The van der Waals surface area contributed by atoms with E-state index in [-0.39, 0.29) is 0 Å². The summed E-state index contributed by atoms with van der Waals surface area (Å²) < 4.78 is 0. The first-order valence-electron chi connectivity index (χ1n) is 11.3. The van der Waals surface area contributed by atoms with Crippen LogP contribution in [-0.2, 0) is 0 Å². The summed E-state index contributed by atoms with van der Waals surface area (Å²) in [4.78, 5) is 0. The summed E-state index contributed by atoms with van der Waals surface area (Å²) in [6.07, 6.45) is 11.0. The van der Waals surface area contributed by atoms with Gasteiger partial charge in [0.1, 0.15) is 0 Å². The number of hydrogen-bond acceptors (Lipinski definition) is 1. The molecule has 4 rings (SSSR count). The molecule has 4 fully saturated rings. The van der Waals surface area contributed by atoms with Crippen LogP contribution < -0.4 is 0 Å². The van der Waals surface area contributed by atoms with Gasteiger partial charge in [0.2, 0.25) is 0 Å². The Bertz CT molecular complexity index is 522. The largest absolute Gasteiger partial charge is 0.390 e. The third kappa shape index (κ3) is 2.43. The molecular weight excluding hydrogens is 304 g/mol. The number of hydrogen-bond donors (Lipinski definition) is 1. The molecule has 0 heterocycles. The van der Waals surface area contributed by atoms with Crippen molar-refractivity contribution in [3.8, 4) is 0 Å². The average molecular weight is 347 g/mol. The van der Waals surface area contributed by atoms with Gasteiger partial charge in [-0.1, -0.05) is 34.6 Å². The molecule has 9 atom stereocenters. The second kappa shape index (κ2) is 5.73. The first kappa shape index (κ1) is 18.3. The van der Waals surface area contributed by atoms with Gasteiger partial charge >= 0.3 is 0 Å². The molecule has 1 N–H and O–H groups in total. The molecule has 0 saturated heterocycles. The van der Waals surface area contributed by atoms with Crippen molar-refractivity contribution < 1.29 is 5.11 Å². The zero-order valence-corrected chi connectivity index (χ0v) is 17.6. The monoisotopic (exact) mass is 346 g/mol. The topological polar surface area (TPSA) is 20.2 Å². The Morgan fingerprint density at radius 1 is 0.880 bits per heavy atom. The van der Waals surface area contributed by atoms with E-state index in [9.17, 15) is 5.11 Å². The van der Waals surface area contributed by atoms with Crippen molar-refractivity contribution in [2.45, 2.75) is 98.5 Å². The first-order valence-corrected chi connectivity index (χ1v) is 11.3. The van der Waals surface area contributed by atoms with Gasteiger partial charge in [-0.3, -0.25) is 0 Å². The lowest BCUT2D eigenvalue weighted by molar-refractivity contribution is -0.152. The summed E-state index contributed by atoms with van der Waals surface area (Å²) in [5.74, 6) is 5.83. The Morgan fingerprint density at radius 2 is 1.56 bits per heavy atom. The molecule has 4 saturated carbocycles. The molecule has 1 heteroatoms. The smallest absolute Gasteiger partial charge is 0.0648 e. The van der Waals surface area contributed by atoms with Crippen LogP contribution in [0.5, 0.6) is 0 Å². The minimum absolute atomic E-state index is 0.419. The second-order valence-corrected chi connectivity index (χ2v) is 11.7. The van der Waals surface area contributed by atoms with Crippen LogP contribution >= 0.6 is 0 Å². The highest BCUT2D eigenvalue weighted by atomic mass is 16.3. The van der Waals surface area contributed by atoms with Gasteiger partial charge in [0, 0.05) is 0 Å². The van der Waals surface area contributed by atoms with E-state index in [1.165, 1.54) is 44.9 Å². The summed E-state index contributed by atoms with van der Waals surface area (Å²) in [5.41, 5.74) is 0.719. The number of aliphatic hydroxyl groups is 1. The van der Waals surface area contributed by atoms with Crippen molar-refractivity contribution >= 4 is 0 Å². The highest BCUT2D eigenvalue weighted by Gasteiger charge is 2.64.